The molecule has 130 valence electrons. The van der Waals surface area contributed by atoms with Crippen LogP contribution in [0.5, 0.6) is 0 Å². The standard InChI is InChI=1S/C16H22F2N6/c1-11-7-12(2)24(22-11)16-9-19-8-15(21-16)20-13-3-5-23(6-4-13)10-14(17)18/h7-9,13-14H,3-6,10H2,1-2H3,(H,20,21). The van der Waals surface area contributed by atoms with Gasteiger partial charge in [-0.15, -0.1) is 0 Å². The van der Waals surface area contributed by atoms with Gasteiger partial charge in [0.15, 0.2) is 5.82 Å². The number of piperidine rings is 1. The summed E-state index contributed by atoms with van der Waals surface area (Å²) in [5, 5.41) is 7.78. The van der Waals surface area contributed by atoms with E-state index in [0.29, 0.717) is 24.7 Å². The summed E-state index contributed by atoms with van der Waals surface area (Å²) in [6, 6.07) is 2.21. The molecule has 0 aliphatic carbocycles. The summed E-state index contributed by atoms with van der Waals surface area (Å²) in [6.07, 6.45) is 2.73. The zero-order valence-corrected chi connectivity index (χ0v) is 13.9. The molecule has 0 spiro atoms. The maximum Gasteiger partial charge on any atom is 0.251 e. The van der Waals surface area contributed by atoms with Crippen molar-refractivity contribution < 1.29 is 8.78 Å². The second-order valence-corrected chi connectivity index (χ2v) is 6.21. The third kappa shape index (κ3) is 4.05. The van der Waals surface area contributed by atoms with E-state index in [9.17, 15) is 8.78 Å². The summed E-state index contributed by atoms with van der Waals surface area (Å²) < 4.78 is 26.6. The van der Waals surface area contributed by atoms with E-state index in [2.05, 4.69) is 20.4 Å². The summed E-state index contributed by atoms with van der Waals surface area (Å²) in [4.78, 5) is 10.6. The minimum absolute atomic E-state index is 0.139. The van der Waals surface area contributed by atoms with Gasteiger partial charge in [0, 0.05) is 24.8 Å². The van der Waals surface area contributed by atoms with Crippen molar-refractivity contribution in [1.29, 1.82) is 0 Å². The number of hydrogen-bond acceptors (Lipinski definition) is 5. The summed E-state index contributed by atoms with van der Waals surface area (Å²) in [5.74, 6) is 1.35. The van der Waals surface area contributed by atoms with Gasteiger partial charge in [-0.1, -0.05) is 0 Å². The van der Waals surface area contributed by atoms with Crippen LogP contribution < -0.4 is 5.32 Å². The van der Waals surface area contributed by atoms with Gasteiger partial charge in [-0.3, -0.25) is 9.88 Å². The number of alkyl halides is 2. The van der Waals surface area contributed by atoms with Gasteiger partial charge in [0.25, 0.3) is 6.43 Å². The summed E-state index contributed by atoms with van der Waals surface area (Å²) in [5.41, 5.74) is 1.93. The second kappa shape index (κ2) is 7.21. The fraction of sp³-hybridized carbons (Fsp3) is 0.562. The van der Waals surface area contributed by atoms with Crippen molar-refractivity contribution in [2.75, 3.05) is 25.0 Å². The Morgan fingerprint density at radius 1 is 1.25 bits per heavy atom. The van der Waals surface area contributed by atoms with Gasteiger partial charge < -0.3 is 5.32 Å². The Kier molecular flexibility index (Phi) is 5.03. The van der Waals surface area contributed by atoms with Crippen LogP contribution in [0.1, 0.15) is 24.2 Å². The molecule has 1 saturated heterocycles. The molecule has 0 amide bonds. The molecule has 6 nitrogen and oxygen atoms in total. The quantitative estimate of drug-likeness (QED) is 0.909. The number of likely N-dealkylation sites (tertiary alicyclic amines) is 1. The van der Waals surface area contributed by atoms with Crippen LogP contribution in [0.25, 0.3) is 5.82 Å². The van der Waals surface area contributed by atoms with Crippen molar-refractivity contribution in [3.63, 3.8) is 0 Å². The van der Waals surface area contributed by atoms with Gasteiger partial charge in [0.2, 0.25) is 0 Å². The maximum absolute atomic E-state index is 12.4. The number of rotatable bonds is 5. The Labute approximate surface area is 139 Å². The molecule has 0 atom stereocenters. The fourth-order valence-electron chi connectivity index (χ4n) is 3.05. The zero-order valence-electron chi connectivity index (χ0n) is 13.9. The number of nitrogens with zero attached hydrogens (tertiary/aromatic N) is 5. The van der Waals surface area contributed by atoms with Crippen LogP contribution in [0.15, 0.2) is 18.5 Å². The highest BCUT2D eigenvalue weighted by molar-refractivity contribution is 5.37. The molecule has 0 aromatic carbocycles. The van der Waals surface area contributed by atoms with Crippen molar-refractivity contribution in [2.45, 2.75) is 39.2 Å². The van der Waals surface area contributed by atoms with Crippen LogP contribution in [0.2, 0.25) is 0 Å². The molecule has 8 heteroatoms. The Balaban J connectivity index is 1.63. The molecular formula is C16H22F2N6. The number of nitrogens with one attached hydrogen (secondary N) is 1. The predicted octanol–water partition coefficient (Wildman–Crippen LogP) is 2.42. The smallest absolute Gasteiger partial charge is 0.251 e. The molecule has 1 fully saturated rings. The van der Waals surface area contributed by atoms with Crippen LogP contribution >= 0.6 is 0 Å². The van der Waals surface area contributed by atoms with Crippen molar-refractivity contribution in [3.8, 4) is 5.82 Å². The Bertz CT molecular complexity index is 679. The molecule has 3 heterocycles. The number of aromatic nitrogens is 4. The van der Waals surface area contributed by atoms with Crippen molar-refractivity contribution >= 4 is 5.82 Å². The van der Waals surface area contributed by atoms with Crippen molar-refractivity contribution in [1.82, 2.24) is 24.6 Å². The van der Waals surface area contributed by atoms with Gasteiger partial charge in [-0.2, -0.15) is 5.10 Å². The Hall–Kier alpha value is -2.09. The predicted molar refractivity (Wildman–Crippen MR) is 87.7 cm³/mol. The van der Waals surface area contributed by atoms with E-state index in [1.807, 2.05) is 19.9 Å². The third-order valence-corrected chi connectivity index (χ3v) is 4.18. The maximum atomic E-state index is 12.4. The van der Waals surface area contributed by atoms with E-state index in [0.717, 1.165) is 24.2 Å². The lowest BCUT2D eigenvalue weighted by atomic mass is 10.1. The van der Waals surface area contributed by atoms with E-state index >= 15 is 0 Å². The van der Waals surface area contributed by atoms with Crippen molar-refractivity contribution in [3.05, 3.63) is 29.8 Å². The third-order valence-electron chi connectivity index (χ3n) is 4.18. The molecule has 1 aliphatic rings. The van der Waals surface area contributed by atoms with Crippen molar-refractivity contribution in [2.24, 2.45) is 0 Å². The highest BCUT2D eigenvalue weighted by atomic mass is 19.3. The van der Waals surface area contributed by atoms with E-state index in [1.54, 1.807) is 22.0 Å². The monoisotopic (exact) mass is 336 g/mol. The minimum atomic E-state index is -2.27. The zero-order chi connectivity index (χ0) is 17.1. The molecule has 0 bridgehead atoms. The highest BCUT2D eigenvalue weighted by Gasteiger charge is 2.21. The molecule has 2 aromatic heterocycles. The molecule has 24 heavy (non-hydrogen) atoms. The molecule has 0 saturated carbocycles. The molecular weight excluding hydrogens is 314 g/mol. The number of hydrogen-bond donors (Lipinski definition) is 1. The van der Waals surface area contributed by atoms with E-state index in [-0.39, 0.29) is 12.6 Å². The van der Waals surface area contributed by atoms with Crippen LogP contribution in [0.4, 0.5) is 14.6 Å². The molecule has 2 aromatic rings. The van der Waals surface area contributed by atoms with E-state index in [1.165, 1.54) is 0 Å². The van der Waals surface area contributed by atoms with Crippen LogP contribution in [0, 0.1) is 13.8 Å². The Morgan fingerprint density at radius 2 is 2.00 bits per heavy atom. The topological polar surface area (TPSA) is 58.9 Å². The van der Waals surface area contributed by atoms with E-state index < -0.39 is 6.43 Å². The number of anilines is 1. The second-order valence-electron chi connectivity index (χ2n) is 6.21. The first-order valence-corrected chi connectivity index (χ1v) is 8.14. The van der Waals surface area contributed by atoms with Gasteiger partial charge >= 0.3 is 0 Å². The molecule has 1 aliphatic heterocycles. The van der Waals surface area contributed by atoms with Crippen LogP contribution in [0.3, 0.4) is 0 Å². The summed E-state index contributed by atoms with van der Waals surface area (Å²) in [6.45, 7) is 5.12. The molecule has 3 rings (SSSR count). The van der Waals surface area contributed by atoms with Gasteiger partial charge in [-0.25, -0.2) is 18.4 Å². The fourth-order valence-corrected chi connectivity index (χ4v) is 3.05. The first-order valence-electron chi connectivity index (χ1n) is 8.14. The van der Waals surface area contributed by atoms with Crippen LogP contribution in [-0.4, -0.2) is 56.7 Å². The first kappa shape index (κ1) is 16.8. The van der Waals surface area contributed by atoms with Gasteiger partial charge in [0.1, 0.15) is 5.82 Å². The molecule has 0 radical (unpaired) electrons. The lowest BCUT2D eigenvalue weighted by molar-refractivity contribution is 0.0769. The Morgan fingerprint density at radius 3 is 2.62 bits per heavy atom. The molecule has 1 N–H and O–H groups in total. The van der Waals surface area contributed by atoms with Crippen LogP contribution in [-0.2, 0) is 0 Å². The average molecular weight is 336 g/mol. The SMILES string of the molecule is Cc1cc(C)n(-c2cncc(NC3CCN(CC(F)F)CC3)n2)n1. The summed E-state index contributed by atoms with van der Waals surface area (Å²) >= 11 is 0. The largest absolute Gasteiger partial charge is 0.366 e. The van der Waals surface area contributed by atoms with Gasteiger partial charge in [0.05, 0.1) is 24.6 Å². The lowest BCUT2D eigenvalue weighted by Gasteiger charge is -2.32. The minimum Gasteiger partial charge on any atom is -0.366 e. The average Bonchev–Trinajstić information content (AvgIpc) is 2.88. The van der Waals surface area contributed by atoms with Gasteiger partial charge in [-0.05, 0) is 32.8 Å². The number of aryl methyl sites for hydroxylation is 2. The summed E-state index contributed by atoms with van der Waals surface area (Å²) in [7, 11) is 0. The number of halogens is 2. The first-order chi connectivity index (χ1) is 11.5. The lowest BCUT2D eigenvalue weighted by Crippen LogP contribution is -2.41. The normalized spacial score (nSPS) is 16.7. The highest BCUT2D eigenvalue weighted by Crippen LogP contribution is 2.17. The van der Waals surface area contributed by atoms with E-state index in [4.69, 9.17) is 0 Å². The molecule has 0 unspecified atom stereocenters.